The second kappa shape index (κ2) is 7.77. The average Bonchev–Trinajstić information content (AvgIpc) is 3.36. The van der Waals surface area contributed by atoms with Crippen LogP contribution in [0.25, 0.3) is 0 Å². The highest BCUT2D eigenvalue weighted by Gasteiger charge is 2.47. The number of hydrogen-bond donors (Lipinski definition) is 0. The molecule has 1 amide bonds. The van der Waals surface area contributed by atoms with Crippen LogP contribution >= 0.6 is 11.6 Å². The third-order valence-corrected chi connectivity index (χ3v) is 6.74. The smallest absolute Gasteiger partial charge is 0.264 e. The molecule has 0 atom stereocenters. The zero-order chi connectivity index (χ0) is 21.6. The molecule has 7 heteroatoms. The summed E-state index contributed by atoms with van der Waals surface area (Å²) in [6.07, 6.45) is 5.06. The Kier molecular flexibility index (Phi) is 5.07. The van der Waals surface area contributed by atoms with E-state index in [1.165, 1.54) is 11.0 Å². The lowest BCUT2D eigenvalue weighted by atomic mass is 9.74. The summed E-state index contributed by atoms with van der Waals surface area (Å²) in [7, 11) is 0. The fraction of sp³-hybridized carbons (Fsp3) is 0.292. The number of piperidine rings is 1. The van der Waals surface area contributed by atoms with Gasteiger partial charge in [0.2, 0.25) is 0 Å². The average molecular weight is 443 g/mol. The van der Waals surface area contributed by atoms with Gasteiger partial charge in [-0.15, -0.1) is 0 Å². The minimum atomic E-state index is -0.851. The summed E-state index contributed by atoms with van der Waals surface area (Å²) < 4.78 is 33.8. The Morgan fingerprint density at radius 3 is 2.52 bits per heavy atom. The number of carbonyl (C=O) groups is 1. The van der Waals surface area contributed by atoms with Crippen molar-refractivity contribution in [3.8, 4) is 0 Å². The van der Waals surface area contributed by atoms with Gasteiger partial charge in [0.1, 0.15) is 17.2 Å². The van der Waals surface area contributed by atoms with Crippen LogP contribution in [0.5, 0.6) is 0 Å². The molecule has 1 spiro atoms. The van der Waals surface area contributed by atoms with E-state index in [1.807, 2.05) is 12.1 Å². The number of anilines is 1. The van der Waals surface area contributed by atoms with Crippen molar-refractivity contribution in [1.82, 2.24) is 4.90 Å². The van der Waals surface area contributed by atoms with Gasteiger partial charge in [-0.2, -0.15) is 0 Å². The number of halogens is 3. The summed E-state index contributed by atoms with van der Waals surface area (Å²) in [5.41, 5.74) is 1.98. The topological polar surface area (TPSA) is 36.7 Å². The van der Waals surface area contributed by atoms with Crippen LogP contribution in [0.4, 0.5) is 14.5 Å². The Hall–Kier alpha value is -2.70. The summed E-state index contributed by atoms with van der Waals surface area (Å²) in [5.74, 6) is -2.36. The molecule has 2 aliphatic heterocycles. The number of likely N-dealkylation sites (tertiary alicyclic amines) is 1. The summed E-state index contributed by atoms with van der Waals surface area (Å²) in [5, 5.41) is 0.588. The molecule has 1 aromatic heterocycles. The van der Waals surface area contributed by atoms with Crippen molar-refractivity contribution in [2.75, 3.05) is 24.5 Å². The van der Waals surface area contributed by atoms with Gasteiger partial charge >= 0.3 is 0 Å². The Bertz CT molecular complexity index is 1100. The summed E-state index contributed by atoms with van der Waals surface area (Å²) in [6, 6.07) is 10.8. The highest BCUT2D eigenvalue weighted by Crippen LogP contribution is 2.48. The monoisotopic (exact) mass is 442 g/mol. The van der Waals surface area contributed by atoms with Gasteiger partial charge in [0.15, 0.2) is 0 Å². The molecule has 31 heavy (non-hydrogen) atoms. The van der Waals surface area contributed by atoms with Crippen LogP contribution in [0.15, 0.2) is 59.4 Å². The van der Waals surface area contributed by atoms with E-state index in [1.54, 1.807) is 24.7 Å². The van der Waals surface area contributed by atoms with Crippen molar-refractivity contribution in [2.45, 2.75) is 24.8 Å². The second-order valence-electron chi connectivity index (χ2n) is 8.34. The highest BCUT2D eigenvalue weighted by molar-refractivity contribution is 6.30. The van der Waals surface area contributed by atoms with Crippen LogP contribution < -0.4 is 4.90 Å². The molecule has 3 heterocycles. The maximum Gasteiger partial charge on any atom is 0.264 e. The zero-order valence-electron chi connectivity index (χ0n) is 16.8. The molecule has 1 fully saturated rings. The molecule has 5 rings (SSSR count). The summed E-state index contributed by atoms with van der Waals surface area (Å²) in [6.45, 7) is 2.87. The SMILES string of the molecule is O=C(c1c(F)cccc1F)N1CC2(CCN(Cc3ccoc3)CC2)c2cc(Cl)ccc21. The van der Waals surface area contributed by atoms with Gasteiger partial charge in [0.05, 0.1) is 12.5 Å². The zero-order valence-corrected chi connectivity index (χ0v) is 17.5. The number of benzene rings is 2. The van der Waals surface area contributed by atoms with Crippen molar-refractivity contribution in [2.24, 2.45) is 0 Å². The molecule has 1 saturated heterocycles. The van der Waals surface area contributed by atoms with Crippen LogP contribution in [0.2, 0.25) is 5.02 Å². The Morgan fingerprint density at radius 1 is 1.10 bits per heavy atom. The number of fused-ring (bicyclic) bond motifs is 2. The minimum absolute atomic E-state index is 0.287. The molecule has 0 N–H and O–H groups in total. The first-order valence-electron chi connectivity index (χ1n) is 10.3. The first kappa shape index (κ1) is 20.2. The van der Waals surface area contributed by atoms with E-state index >= 15 is 0 Å². The van der Waals surface area contributed by atoms with Crippen molar-refractivity contribution in [1.29, 1.82) is 0 Å². The van der Waals surface area contributed by atoms with E-state index in [0.717, 1.165) is 55.7 Å². The van der Waals surface area contributed by atoms with Crippen LogP contribution in [-0.4, -0.2) is 30.4 Å². The molecular weight excluding hydrogens is 422 g/mol. The lowest BCUT2D eigenvalue weighted by molar-refractivity contribution is 0.0967. The number of carbonyl (C=O) groups excluding carboxylic acids is 1. The molecule has 0 radical (unpaired) electrons. The van der Waals surface area contributed by atoms with Gasteiger partial charge in [-0.1, -0.05) is 17.7 Å². The van der Waals surface area contributed by atoms with Gasteiger partial charge in [0.25, 0.3) is 5.91 Å². The van der Waals surface area contributed by atoms with Gasteiger partial charge in [0, 0.05) is 34.8 Å². The fourth-order valence-corrected chi connectivity index (χ4v) is 5.04. The predicted molar refractivity (Wildman–Crippen MR) is 114 cm³/mol. The molecule has 160 valence electrons. The van der Waals surface area contributed by atoms with Gasteiger partial charge in [-0.05, 0) is 67.9 Å². The van der Waals surface area contributed by atoms with E-state index in [0.29, 0.717) is 17.3 Å². The predicted octanol–water partition coefficient (Wildman–Crippen LogP) is 5.41. The van der Waals surface area contributed by atoms with Gasteiger partial charge in [-0.25, -0.2) is 8.78 Å². The molecule has 2 aliphatic rings. The van der Waals surface area contributed by atoms with Crippen molar-refractivity contribution in [3.05, 3.63) is 88.3 Å². The molecule has 0 unspecified atom stereocenters. The molecule has 0 aliphatic carbocycles. The largest absolute Gasteiger partial charge is 0.472 e. The van der Waals surface area contributed by atoms with Gasteiger partial charge in [-0.3, -0.25) is 9.69 Å². The summed E-state index contributed by atoms with van der Waals surface area (Å²) in [4.78, 5) is 17.1. The molecule has 0 saturated carbocycles. The number of hydrogen-bond acceptors (Lipinski definition) is 3. The Balaban J connectivity index is 1.45. The van der Waals surface area contributed by atoms with E-state index in [-0.39, 0.29) is 5.41 Å². The van der Waals surface area contributed by atoms with Crippen molar-refractivity contribution < 1.29 is 18.0 Å². The van der Waals surface area contributed by atoms with Gasteiger partial charge < -0.3 is 9.32 Å². The van der Waals surface area contributed by atoms with Crippen molar-refractivity contribution in [3.63, 3.8) is 0 Å². The Morgan fingerprint density at radius 2 is 1.84 bits per heavy atom. The minimum Gasteiger partial charge on any atom is -0.472 e. The van der Waals surface area contributed by atoms with Crippen LogP contribution in [0.1, 0.15) is 34.3 Å². The van der Waals surface area contributed by atoms with E-state index in [4.69, 9.17) is 16.0 Å². The van der Waals surface area contributed by atoms with E-state index in [2.05, 4.69) is 4.90 Å². The fourth-order valence-electron chi connectivity index (χ4n) is 4.87. The summed E-state index contributed by atoms with van der Waals surface area (Å²) >= 11 is 6.30. The number of nitrogens with zero attached hydrogens (tertiary/aromatic N) is 2. The lowest BCUT2D eigenvalue weighted by Gasteiger charge is -2.39. The molecule has 2 aromatic carbocycles. The highest BCUT2D eigenvalue weighted by atomic mass is 35.5. The number of amides is 1. The quantitative estimate of drug-likeness (QED) is 0.544. The first-order chi connectivity index (χ1) is 15.0. The van der Waals surface area contributed by atoms with E-state index in [9.17, 15) is 13.6 Å². The van der Waals surface area contributed by atoms with Crippen LogP contribution in [-0.2, 0) is 12.0 Å². The van der Waals surface area contributed by atoms with Crippen LogP contribution in [0, 0.1) is 11.6 Å². The molecule has 4 nitrogen and oxygen atoms in total. The third kappa shape index (κ3) is 3.54. The Labute approximate surface area is 184 Å². The number of rotatable bonds is 3. The van der Waals surface area contributed by atoms with Crippen LogP contribution in [0.3, 0.4) is 0 Å². The third-order valence-electron chi connectivity index (χ3n) is 6.50. The molecule has 0 bridgehead atoms. The molecule has 3 aromatic rings. The first-order valence-corrected chi connectivity index (χ1v) is 10.6. The number of furan rings is 1. The molecular formula is C24H21ClF2N2O2. The normalized spacial score (nSPS) is 17.8. The lowest BCUT2D eigenvalue weighted by Crippen LogP contribution is -2.46. The van der Waals surface area contributed by atoms with Crippen molar-refractivity contribution >= 4 is 23.2 Å². The maximum atomic E-state index is 14.3. The second-order valence-corrected chi connectivity index (χ2v) is 8.77. The standard InChI is InChI=1S/C24H21ClF2N2O2/c25-17-4-5-21-18(12-17)24(7-9-28(10-8-24)13-16-6-11-31-14-16)15-29(21)23(30)22-19(26)2-1-3-20(22)27/h1-6,11-12,14H,7-10,13,15H2. The maximum absolute atomic E-state index is 14.3. The van der Waals surface area contributed by atoms with E-state index < -0.39 is 23.1 Å².